The minimum Gasteiger partial charge on any atom is -0.394 e. The van der Waals surface area contributed by atoms with Crippen molar-refractivity contribution in [3.05, 3.63) is 48.0 Å². The topological polar surface area (TPSA) is 32.3 Å². The van der Waals surface area contributed by atoms with E-state index in [2.05, 4.69) is 47.8 Å². The standard InChI is InChI=1S/C17H21NO/c19-12-17(18-16-7-3-4-8-16)15-10-9-13-5-1-2-6-14(13)11-15/h1-2,5-6,9-11,16-19H,3-4,7-8,12H2. The molecular weight excluding hydrogens is 234 g/mol. The minimum atomic E-state index is 0.0627. The largest absolute Gasteiger partial charge is 0.394 e. The molecule has 0 heterocycles. The van der Waals surface area contributed by atoms with Gasteiger partial charge >= 0.3 is 0 Å². The van der Waals surface area contributed by atoms with Crippen LogP contribution < -0.4 is 5.32 Å². The molecule has 1 atom stereocenters. The maximum absolute atomic E-state index is 9.65. The van der Waals surface area contributed by atoms with Gasteiger partial charge in [-0.2, -0.15) is 0 Å². The van der Waals surface area contributed by atoms with Gasteiger partial charge in [-0.3, -0.25) is 0 Å². The molecule has 2 heteroatoms. The maximum Gasteiger partial charge on any atom is 0.0626 e. The van der Waals surface area contributed by atoms with Crippen molar-refractivity contribution in [2.24, 2.45) is 0 Å². The lowest BCUT2D eigenvalue weighted by atomic mass is 10.0. The Morgan fingerprint density at radius 1 is 1.05 bits per heavy atom. The van der Waals surface area contributed by atoms with Crippen molar-refractivity contribution in [1.29, 1.82) is 0 Å². The highest BCUT2D eigenvalue weighted by Gasteiger charge is 2.19. The van der Waals surface area contributed by atoms with Gasteiger partial charge in [-0.15, -0.1) is 0 Å². The molecule has 0 aliphatic heterocycles. The second-order valence-electron chi connectivity index (χ2n) is 5.49. The van der Waals surface area contributed by atoms with Crippen LogP contribution in [0.4, 0.5) is 0 Å². The molecule has 0 saturated heterocycles. The summed E-state index contributed by atoms with van der Waals surface area (Å²) in [6.45, 7) is 0.162. The number of fused-ring (bicyclic) bond motifs is 1. The van der Waals surface area contributed by atoms with E-state index in [0.717, 1.165) is 0 Å². The van der Waals surface area contributed by atoms with Crippen LogP contribution in [-0.4, -0.2) is 17.8 Å². The lowest BCUT2D eigenvalue weighted by Crippen LogP contribution is -2.32. The smallest absolute Gasteiger partial charge is 0.0626 e. The molecule has 100 valence electrons. The number of hydrogen-bond donors (Lipinski definition) is 2. The second-order valence-corrected chi connectivity index (χ2v) is 5.49. The average molecular weight is 255 g/mol. The Bertz CT molecular complexity index is 546. The van der Waals surface area contributed by atoms with Gasteiger partial charge in [0, 0.05) is 6.04 Å². The molecule has 2 aromatic rings. The Morgan fingerprint density at radius 2 is 1.79 bits per heavy atom. The van der Waals surface area contributed by atoms with Crippen LogP contribution in [0.25, 0.3) is 10.8 Å². The van der Waals surface area contributed by atoms with Crippen LogP contribution in [-0.2, 0) is 0 Å². The predicted octanol–water partition coefficient (Wildman–Crippen LogP) is 3.41. The van der Waals surface area contributed by atoms with E-state index < -0.39 is 0 Å². The zero-order valence-electron chi connectivity index (χ0n) is 11.2. The first-order valence-electron chi connectivity index (χ1n) is 7.22. The summed E-state index contributed by atoms with van der Waals surface area (Å²) in [5.74, 6) is 0. The molecule has 1 saturated carbocycles. The maximum atomic E-state index is 9.65. The van der Waals surface area contributed by atoms with Gasteiger partial charge in [0.25, 0.3) is 0 Å². The molecule has 0 radical (unpaired) electrons. The number of hydrogen-bond acceptors (Lipinski definition) is 2. The molecule has 2 N–H and O–H groups in total. The van der Waals surface area contributed by atoms with Crippen molar-refractivity contribution < 1.29 is 5.11 Å². The lowest BCUT2D eigenvalue weighted by Gasteiger charge is -2.22. The fourth-order valence-corrected chi connectivity index (χ4v) is 3.06. The molecule has 2 nitrogen and oxygen atoms in total. The molecule has 0 spiro atoms. The van der Waals surface area contributed by atoms with Gasteiger partial charge in [0.15, 0.2) is 0 Å². The Morgan fingerprint density at radius 3 is 2.53 bits per heavy atom. The second kappa shape index (κ2) is 5.72. The van der Waals surface area contributed by atoms with E-state index >= 15 is 0 Å². The number of nitrogens with one attached hydrogen (secondary N) is 1. The Kier molecular flexibility index (Phi) is 3.81. The molecule has 1 aliphatic carbocycles. The highest BCUT2D eigenvalue weighted by atomic mass is 16.3. The van der Waals surface area contributed by atoms with Gasteiger partial charge in [-0.1, -0.05) is 49.2 Å². The zero-order chi connectivity index (χ0) is 13.1. The summed E-state index contributed by atoms with van der Waals surface area (Å²) in [5.41, 5.74) is 1.19. The number of aliphatic hydroxyl groups is 1. The number of benzene rings is 2. The Hall–Kier alpha value is -1.38. The first kappa shape index (κ1) is 12.6. The van der Waals surface area contributed by atoms with Gasteiger partial charge in [0.1, 0.15) is 0 Å². The third kappa shape index (κ3) is 2.80. The molecule has 1 aliphatic rings. The highest BCUT2D eigenvalue weighted by molar-refractivity contribution is 5.83. The molecule has 1 fully saturated rings. The van der Waals surface area contributed by atoms with E-state index in [1.54, 1.807) is 0 Å². The zero-order valence-corrected chi connectivity index (χ0v) is 11.2. The molecule has 0 amide bonds. The monoisotopic (exact) mass is 255 g/mol. The average Bonchev–Trinajstić information content (AvgIpc) is 2.97. The van der Waals surface area contributed by atoms with Crippen molar-refractivity contribution >= 4 is 10.8 Å². The van der Waals surface area contributed by atoms with Gasteiger partial charge < -0.3 is 10.4 Å². The number of rotatable bonds is 4. The molecule has 0 aromatic heterocycles. The van der Waals surface area contributed by atoms with Crippen molar-refractivity contribution in [3.8, 4) is 0 Å². The molecule has 2 aromatic carbocycles. The normalized spacial score (nSPS) is 17.9. The summed E-state index contributed by atoms with van der Waals surface area (Å²) in [7, 11) is 0. The van der Waals surface area contributed by atoms with Crippen LogP contribution in [0, 0.1) is 0 Å². The van der Waals surface area contributed by atoms with Crippen LogP contribution in [0.3, 0.4) is 0 Å². The Labute approximate surface area is 114 Å². The first-order valence-corrected chi connectivity index (χ1v) is 7.22. The number of aliphatic hydroxyl groups excluding tert-OH is 1. The summed E-state index contributed by atoms with van der Waals surface area (Å²) >= 11 is 0. The van der Waals surface area contributed by atoms with Gasteiger partial charge in [0.05, 0.1) is 12.6 Å². The molecule has 19 heavy (non-hydrogen) atoms. The fraction of sp³-hybridized carbons (Fsp3) is 0.412. The summed E-state index contributed by atoms with van der Waals surface area (Å²) in [5, 5.41) is 15.7. The van der Waals surface area contributed by atoms with Crippen molar-refractivity contribution in [2.75, 3.05) is 6.61 Å². The van der Waals surface area contributed by atoms with E-state index in [1.807, 2.05) is 0 Å². The molecule has 0 bridgehead atoms. The third-order valence-corrected chi connectivity index (χ3v) is 4.15. The summed E-state index contributed by atoms with van der Waals surface area (Å²) in [6.07, 6.45) is 5.11. The highest BCUT2D eigenvalue weighted by Crippen LogP contribution is 2.24. The van der Waals surface area contributed by atoms with E-state index in [0.29, 0.717) is 6.04 Å². The third-order valence-electron chi connectivity index (χ3n) is 4.15. The fourth-order valence-electron chi connectivity index (χ4n) is 3.06. The quantitative estimate of drug-likeness (QED) is 0.877. The van der Waals surface area contributed by atoms with Crippen LogP contribution in [0.15, 0.2) is 42.5 Å². The van der Waals surface area contributed by atoms with Crippen LogP contribution in [0.2, 0.25) is 0 Å². The minimum absolute atomic E-state index is 0.0627. The van der Waals surface area contributed by atoms with E-state index in [4.69, 9.17) is 0 Å². The van der Waals surface area contributed by atoms with Gasteiger partial charge in [-0.05, 0) is 35.2 Å². The van der Waals surface area contributed by atoms with E-state index in [-0.39, 0.29) is 12.6 Å². The van der Waals surface area contributed by atoms with Crippen LogP contribution in [0.5, 0.6) is 0 Å². The predicted molar refractivity (Wildman–Crippen MR) is 79.2 cm³/mol. The van der Waals surface area contributed by atoms with E-state index in [9.17, 15) is 5.11 Å². The van der Waals surface area contributed by atoms with Crippen LogP contribution in [0.1, 0.15) is 37.3 Å². The molecule has 3 rings (SSSR count). The summed E-state index contributed by atoms with van der Waals surface area (Å²) < 4.78 is 0. The van der Waals surface area contributed by atoms with Gasteiger partial charge in [0.2, 0.25) is 0 Å². The lowest BCUT2D eigenvalue weighted by molar-refractivity contribution is 0.233. The summed E-state index contributed by atoms with van der Waals surface area (Å²) in [6, 6.07) is 15.5. The van der Waals surface area contributed by atoms with Crippen molar-refractivity contribution in [3.63, 3.8) is 0 Å². The van der Waals surface area contributed by atoms with Crippen molar-refractivity contribution in [1.82, 2.24) is 5.32 Å². The molecular formula is C17H21NO. The van der Waals surface area contributed by atoms with Crippen LogP contribution >= 0.6 is 0 Å². The molecule has 1 unspecified atom stereocenters. The first-order chi connectivity index (χ1) is 9.36. The Balaban J connectivity index is 1.83. The van der Waals surface area contributed by atoms with Gasteiger partial charge in [-0.25, -0.2) is 0 Å². The summed E-state index contributed by atoms with van der Waals surface area (Å²) in [4.78, 5) is 0. The van der Waals surface area contributed by atoms with Crippen molar-refractivity contribution in [2.45, 2.75) is 37.8 Å². The van der Waals surface area contributed by atoms with E-state index in [1.165, 1.54) is 42.0 Å². The SMILES string of the molecule is OCC(NC1CCCC1)c1ccc2ccccc2c1.